The lowest BCUT2D eigenvalue weighted by Gasteiger charge is -2.35. The maximum Gasteiger partial charge on any atom is 0.146 e. The molecule has 0 aliphatic carbocycles. The SMILES string of the molecule is CCC1CCCN(c2c(F)cccc2CCl)C1. The number of hydrogen-bond acceptors (Lipinski definition) is 1. The number of benzene rings is 1. The van der Waals surface area contributed by atoms with Crippen molar-refractivity contribution in [2.75, 3.05) is 18.0 Å². The van der Waals surface area contributed by atoms with E-state index < -0.39 is 0 Å². The van der Waals surface area contributed by atoms with Gasteiger partial charge in [0.2, 0.25) is 0 Å². The molecule has 0 amide bonds. The Kier molecular flexibility index (Phi) is 4.27. The van der Waals surface area contributed by atoms with Crippen molar-refractivity contribution in [3.8, 4) is 0 Å². The Morgan fingerprint density at radius 3 is 3.00 bits per heavy atom. The van der Waals surface area contributed by atoms with Crippen molar-refractivity contribution in [2.45, 2.75) is 32.1 Å². The highest BCUT2D eigenvalue weighted by atomic mass is 35.5. The number of anilines is 1. The zero-order chi connectivity index (χ0) is 12.3. The molecule has 1 aliphatic heterocycles. The van der Waals surface area contributed by atoms with Gasteiger partial charge in [0.05, 0.1) is 5.69 Å². The smallest absolute Gasteiger partial charge is 0.146 e. The number of hydrogen-bond donors (Lipinski definition) is 0. The number of piperidine rings is 1. The van der Waals surface area contributed by atoms with Gasteiger partial charge in [0.25, 0.3) is 0 Å². The molecule has 1 nitrogen and oxygen atoms in total. The third kappa shape index (κ3) is 2.74. The number of para-hydroxylation sites is 1. The molecule has 1 fully saturated rings. The van der Waals surface area contributed by atoms with E-state index in [1.165, 1.54) is 18.9 Å². The Morgan fingerprint density at radius 1 is 1.47 bits per heavy atom. The minimum atomic E-state index is -0.139. The van der Waals surface area contributed by atoms with Crippen LogP contribution in [-0.4, -0.2) is 13.1 Å². The van der Waals surface area contributed by atoms with Crippen LogP contribution in [0.2, 0.25) is 0 Å². The minimum Gasteiger partial charge on any atom is -0.369 e. The third-order valence-corrected chi connectivity index (χ3v) is 3.91. The van der Waals surface area contributed by atoms with Crippen molar-refractivity contribution in [1.29, 1.82) is 0 Å². The lowest BCUT2D eigenvalue weighted by Crippen LogP contribution is -2.36. The first kappa shape index (κ1) is 12.7. The van der Waals surface area contributed by atoms with Crippen molar-refractivity contribution < 1.29 is 4.39 Å². The molecule has 0 spiro atoms. The number of halogens is 2. The summed E-state index contributed by atoms with van der Waals surface area (Å²) in [5.41, 5.74) is 1.63. The topological polar surface area (TPSA) is 3.24 Å². The largest absolute Gasteiger partial charge is 0.369 e. The van der Waals surface area contributed by atoms with Crippen LogP contribution in [0.15, 0.2) is 18.2 Å². The van der Waals surface area contributed by atoms with Gasteiger partial charge in [-0.1, -0.05) is 25.5 Å². The Morgan fingerprint density at radius 2 is 2.29 bits per heavy atom. The van der Waals surface area contributed by atoms with Crippen LogP contribution in [0.5, 0.6) is 0 Å². The fourth-order valence-corrected chi connectivity index (χ4v) is 2.84. The summed E-state index contributed by atoms with van der Waals surface area (Å²) in [5.74, 6) is 0.923. The minimum absolute atomic E-state index is 0.139. The van der Waals surface area contributed by atoms with E-state index in [4.69, 9.17) is 11.6 Å². The van der Waals surface area contributed by atoms with Crippen LogP contribution in [0.1, 0.15) is 31.7 Å². The van der Waals surface area contributed by atoms with Gasteiger partial charge in [-0.05, 0) is 30.4 Å². The zero-order valence-electron chi connectivity index (χ0n) is 10.3. The second-order valence-corrected chi connectivity index (χ2v) is 5.01. The van der Waals surface area contributed by atoms with Gasteiger partial charge in [0.15, 0.2) is 0 Å². The summed E-state index contributed by atoms with van der Waals surface area (Å²) in [5, 5.41) is 0. The molecule has 1 saturated heterocycles. The number of alkyl halides is 1. The molecule has 1 heterocycles. The average Bonchev–Trinajstić information content (AvgIpc) is 2.38. The zero-order valence-corrected chi connectivity index (χ0v) is 11.0. The van der Waals surface area contributed by atoms with Crippen molar-refractivity contribution in [1.82, 2.24) is 0 Å². The maximum absolute atomic E-state index is 14.0. The van der Waals surface area contributed by atoms with Crippen molar-refractivity contribution in [3.05, 3.63) is 29.6 Å². The molecule has 1 aromatic rings. The van der Waals surface area contributed by atoms with Gasteiger partial charge in [0, 0.05) is 19.0 Å². The fourth-order valence-electron chi connectivity index (χ4n) is 2.62. The molecule has 17 heavy (non-hydrogen) atoms. The molecule has 94 valence electrons. The second-order valence-electron chi connectivity index (χ2n) is 4.74. The van der Waals surface area contributed by atoms with E-state index in [-0.39, 0.29) is 5.82 Å². The molecular weight excluding hydrogens is 237 g/mol. The van der Waals surface area contributed by atoms with E-state index in [9.17, 15) is 4.39 Å². The summed E-state index contributed by atoms with van der Waals surface area (Å²) in [4.78, 5) is 2.17. The predicted molar refractivity (Wildman–Crippen MR) is 71.2 cm³/mol. The standard InChI is InChI=1S/C14H19ClFN/c1-2-11-5-4-8-17(10-11)14-12(9-15)6-3-7-13(14)16/h3,6-7,11H,2,4-5,8-10H2,1H3. The van der Waals surface area contributed by atoms with Crippen LogP contribution < -0.4 is 4.90 Å². The highest BCUT2D eigenvalue weighted by Crippen LogP contribution is 2.30. The van der Waals surface area contributed by atoms with E-state index in [0.717, 1.165) is 30.8 Å². The van der Waals surface area contributed by atoms with Crippen LogP contribution in [0.25, 0.3) is 0 Å². The van der Waals surface area contributed by atoms with Gasteiger partial charge in [-0.2, -0.15) is 0 Å². The van der Waals surface area contributed by atoms with Gasteiger partial charge in [-0.15, -0.1) is 11.6 Å². The average molecular weight is 256 g/mol. The van der Waals surface area contributed by atoms with E-state index in [1.54, 1.807) is 6.07 Å². The Labute approximate surface area is 108 Å². The first-order valence-corrected chi connectivity index (χ1v) is 6.88. The summed E-state index contributed by atoms with van der Waals surface area (Å²) in [6.45, 7) is 4.11. The Hall–Kier alpha value is -0.760. The lowest BCUT2D eigenvalue weighted by molar-refractivity contribution is 0.401. The molecule has 1 aromatic carbocycles. The highest BCUT2D eigenvalue weighted by Gasteiger charge is 2.22. The Balaban J connectivity index is 2.26. The number of nitrogens with zero attached hydrogens (tertiary/aromatic N) is 1. The monoisotopic (exact) mass is 255 g/mol. The third-order valence-electron chi connectivity index (χ3n) is 3.63. The molecule has 0 bridgehead atoms. The van der Waals surface area contributed by atoms with Crippen LogP contribution in [-0.2, 0) is 5.88 Å². The van der Waals surface area contributed by atoms with E-state index >= 15 is 0 Å². The molecule has 2 rings (SSSR count). The van der Waals surface area contributed by atoms with Gasteiger partial charge in [0.1, 0.15) is 5.82 Å². The van der Waals surface area contributed by atoms with Crippen molar-refractivity contribution in [2.24, 2.45) is 5.92 Å². The van der Waals surface area contributed by atoms with Crippen LogP contribution in [0.3, 0.4) is 0 Å². The first-order valence-electron chi connectivity index (χ1n) is 6.34. The molecule has 1 atom stereocenters. The van der Waals surface area contributed by atoms with Gasteiger partial charge < -0.3 is 4.90 Å². The molecule has 1 unspecified atom stereocenters. The fraction of sp³-hybridized carbons (Fsp3) is 0.571. The summed E-state index contributed by atoms with van der Waals surface area (Å²) in [7, 11) is 0. The molecule has 0 saturated carbocycles. The van der Waals surface area contributed by atoms with Crippen LogP contribution in [0, 0.1) is 11.7 Å². The first-order chi connectivity index (χ1) is 8.26. The van der Waals surface area contributed by atoms with E-state index in [2.05, 4.69) is 11.8 Å². The van der Waals surface area contributed by atoms with Crippen LogP contribution in [0.4, 0.5) is 10.1 Å². The van der Waals surface area contributed by atoms with Crippen molar-refractivity contribution >= 4 is 17.3 Å². The predicted octanol–water partition coefficient (Wildman–Crippen LogP) is 4.19. The normalized spacial score (nSPS) is 20.6. The van der Waals surface area contributed by atoms with Crippen molar-refractivity contribution in [3.63, 3.8) is 0 Å². The second kappa shape index (κ2) is 5.72. The lowest BCUT2D eigenvalue weighted by atomic mass is 9.95. The quantitative estimate of drug-likeness (QED) is 0.732. The van der Waals surface area contributed by atoms with E-state index in [0.29, 0.717) is 11.8 Å². The molecule has 0 N–H and O–H groups in total. The van der Waals surface area contributed by atoms with Crippen LogP contribution >= 0.6 is 11.6 Å². The molecule has 0 radical (unpaired) electrons. The molecule has 1 aliphatic rings. The molecule has 0 aromatic heterocycles. The Bertz CT molecular complexity index is 380. The maximum atomic E-state index is 14.0. The van der Waals surface area contributed by atoms with Gasteiger partial charge in [-0.25, -0.2) is 4.39 Å². The highest BCUT2D eigenvalue weighted by molar-refractivity contribution is 6.17. The molecular formula is C14H19ClFN. The molecule has 3 heteroatoms. The summed E-state index contributed by atoms with van der Waals surface area (Å²) in [6, 6.07) is 5.18. The summed E-state index contributed by atoms with van der Waals surface area (Å²) >= 11 is 5.90. The summed E-state index contributed by atoms with van der Waals surface area (Å²) in [6.07, 6.45) is 3.58. The van der Waals surface area contributed by atoms with E-state index in [1.807, 2.05) is 6.07 Å². The van der Waals surface area contributed by atoms with Gasteiger partial charge >= 0.3 is 0 Å². The summed E-state index contributed by atoms with van der Waals surface area (Å²) < 4.78 is 14.0. The number of rotatable bonds is 3. The van der Waals surface area contributed by atoms with Gasteiger partial charge in [-0.3, -0.25) is 0 Å².